The van der Waals surface area contributed by atoms with Crippen LogP contribution < -0.4 is 0 Å². The van der Waals surface area contributed by atoms with Crippen molar-refractivity contribution in [3.63, 3.8) is 0 Å². The number of amides is 2. The molecular formula is C17H23NO3. The molecule has 0 N–H and O–H groups in total. The highest BCUT2D eigenvalue weighted by molar-refractivity contribution is 6.21. The quantitative estimate of drug-likeness (QED) is 0.545. The van der Waals surface area contributed by atoms with Crippen molar-refractivity contribution < 1.29 is 14.3 Å². The van der Waals surface area contributed by atoms with Gasteiger partial charge in [-0.25, -0.2) is 0 Å². The van der Waals surface area contributed by atoms with E-state index in [4.69, 9.17) is 4.74 Å². The zero-order valence-electron chi connectivity index (χ0n) is 12.8. The highest BCUT2D eigenvalue weighted by atomic mass is 16.5. The maximum Gasteiger partial charge on any atom is 0.261 e. The van der Waals surface area contributed by atoms with Gasteiger partial charge in [0.05, 0.1) is 17.2 Å². The lowest BCUT2D eigenvalue weighted by Crippen LogP contribution is -2.30. The first-order valence-electron chi connectivity index (χ1n) is 7.75. The van der Waals surface area contributed by atoms with Crippen molar-refractivity contribution in [2.45, 2.75) is 45.6 Å². The molecule has 21 heavy (non-hydrogen) atoms. The Morgan fingerprint density at radius 1 is 1.00 bits per heavy atom. The number of hydrogen-bond acceptors (Lipinski definition) is 3. The third kappa shape index (κ3) is 3.50. The number of benzene rings is 1. The van der Waals surface area contributed by atoms with Crippen LogP contribution in [0.5, 0.6) is 0 Å². The summed E-state index contributed by atoms with van der Waals surface area (Å²) in [7, 11) is 0. The summed E-state index contributed by atoms with van der Waals surface area (Å²) in [5.41, 5.74) is 1.05. The maximum atomic E-state index is 12.1. The minimum Gasteiger partial charge on any atom is -0.378 e. The third-order valence-corrected chi connectivity index (χ3v) is 3.92. The zero-order chi connectivity index (χ0) is 15.2. The van der Waals surface area contributed by atoms with Crippen molar-refractivity contribution in [3.8, 4) is 0 Å². The van der Waals surface area contributed by atoms with Gasteiger partial charge in [-0.3, -0.25) is 14.5 Å². The minimum atomic E-state index is -0.170. The van der Waals surface area contributed by atoms with E-state index in [-0.39, 0.29) is 11.8 Å². The Balaban J connectivity index is 1.78. The summed E-state index contributed by atoms with van der Waals surface area (Å²) in [6, 6.07) is 7.01. The van der Waals surface area contributed by atoms with E-state index in [0.717, 1.165) is 25.7 Å². The van der Waals surface area contributed by atoms with Crippen molar-refractivity contribution in [3.05, 3.63) is 35.4 Å². The predicted octanol–water partition coefficient (Wildman–Crippen LogP) is 3.27. The first kappa shape index (κ1) is 15.7. The molecule has 1 aromatic carbocycles. The molecule has 1 aliphatic rings. The van der Waals surface area contributed by atoms with Crippen molar-refractivity contribution in [1.29, 1.82) is 0 Å². The summed E-state index contributed by atoms with van der Waals surface area (Å²) < 4.78 is 5.73. The Hall–Kier alpha value is -1.68. The molecule has 0 aliphatic carbocycles. The van der Waals surface area contributed by atoms with Crippen LogP contribution >= 0.6 is 0 Å². The highest BCUT2D eigenvalue weighted by Gasteiger charge is 2.34. The maximum absolute atomic E-state index is 12.1. The second kappa shape index (κ2) is 7.36. The van der Waals surface area contributed by atoms with Crippen LogP contribution in [-0.4, -0.2) is 36.0 Å². The SMILES string of the molecule is CCC(CC)OCCCCN1C(=O)c2ccccc2C1=O. The molecule has 2 rings (SSSR count). The van der Waals surface area contributed by atoms with Crippen LogP contribution in [0, 0.1) is 0 Å². The lowest BCUT2D eigenvalue weighted by atomic mass is 10.1. The van der Waals surface area contributed by atoms with Gasteiger partial charge in [0.15, 0.2) is 0 Å². The molecule has 0 saturated carbocycles. The molecule has 0 aromatic heterocycles. The lowest BCUT2D eigenvalue weighted by molar-refractivity contribution is 0.0435. The van der Waals surface area contributed by atoms with E-state index in [1.165, 1.54) is 4.90 Å². The molecule has 0 radical (unpaired) electrons. The summed E-state index contributed by atoms with van der Waals surface area (Å²) in [6.07, 6.45) is 4.02. The Morgan fingerprint density at radius 2 is 1.57 bits per heavy atom. The standard InChI is InChI=1S/C17H23NO3/c1-3-13(4-2)21-12-8-7-11-18-16(19)14-9-5-6-10-15(14)17(18)20/h5-6,9-10,13H,3-4,7-8,11-12H2,1-2H3. The molecule has 1 aromatic rings. The number of rotatable bonds is 8. The average Bonchev–Trinajstić information content (AvgIpc) is 2.76. The molecule has 4 heteroatoms. The number of carbonyl (C=O) groups excluding carboxylic acids is 2. The summed E-state index contributed by atoms with van der Waals surface area (Å²) in [5.74, 6) is -0.340. The molecule has 0 atom stereocenters. The third-order valence-electron chi connectivity index (χ3n) is 3.92. The highest BCUT2D eigenvalue weighted by Crippen LogP contribution is 2.22. The van der Waals surface area contributed by atoms with Gasteiger partial charge in [-0.1, -0.05) is 26.0 Å². The molecule has 0 unspecified atom stereocenters. The molecule has 2 amide bonds. The van der Waals surface area contributed by atoms with E-state index < -0.39 is 0 Å². The van der Waals surface area contributed by atoms with Crippen molar-refractivity contribution >= 4 is 11.8 Å². The first-order chi connectivity index (χ1) is 10.2. The molecule has 0 fully saturated rings. The molecule has 114 valence electrons. The Labute approximate surface area is 126 Å². The van der Waals surface area contributed by atoms with Gasteiger partial charge in [0.2, 0.25) is 0 Å². The topological polar surface area (TPSA) is 46.6 Å². The molecule has 0 saturated heterocycles. The summed E-state index contributed by atoms with van der Waals surface area (Å²) in [4.78, 5) is 25.6. The van der Waals surface area contributed by atoms with Crippen molar-refractivity contribution in [2.24, 2.45) is 0 Å². The number of imide groups is 1. The van der Waals surface area contributed by atoms with Gasteiger partial charge in [-0.15, -0.1) is 0 Å². The summed E-state index contributed by atoms with van der Waals surface area (Å²) in [6.45, 7) is 5.40. The number of ether oxygens (including phenoxy) is 1. The number of hydrogen-bond donors (Lipinski definition) is 0. The lowest BCUT2D eigenvalue weighted by Gasteiger charge is -2.15. The Morgan fingerprint density at radius 3 is 2.10 bits per heavy atom. The Kier molecular flexibility index (Phi) is 5.51. The molecule has 0 bridgehead atoms. The first-order valence-corrected chi connectivity index (χ1v) is 7.75. The normalized spacial score (nSPS) is 14.1. The number of unbranched alkanes of at least 4 members (excludes halogenated alkanes) is 1. The van der Waals surface area contributed by atoms with E-state index in [9.17, 15) is 9.59 Å². The minimum absolute atomic E-state index is 0.170. The fourth-order valence-corrected chi connectivity index (χ4v) is 2.59. The van der Waals surface area contributed by atoms with Crippen LogP contribution in [0.4, 0.5) is 0 Å². The Bertz CT molecular complexity index is 474. The molecular weight excluding hydrogens is 266 g/mol. The molecule has 4 nitrogen and oxygen atoms in total. The van der Waals surface area contributed by atoms with Gasteiger partial charge in [-0.05, 0) is 37.8 Å². The van der Waals surface area contributed by atoms with Gasteiger partial charge in [0.25, 0.3) is 11.8 Å². The molecule has 0 spiro atoms. The summed E-state index contributed by atoms with van der Waals surface area (Å²) in [5, 5.41) is 0. The van der Waals surface area contributed by atoms with Gasteiger partial charge in [-0.2, -0.15) is 0 Å². The zero-order valence-corrected chi connectivity index (χ0v) is 12.8. The average molecular weight is 289 g/mol. The van der Waals surface area contributed by atoms with E-state index in [0.29, 0.717) is 30.4 Å². The predicted molar refractivity (Wildman–Crippen MR) is 81.4 cm³/mol. The van der Waals surface area contributed by atoms with E-state index >= 15 is 0 Å². The van der Waals surface area contributed by atoms with Crippen molar-refractivity contribution in [1.82, 2.24) is 4.90 Å². The number of fused-ring (bicyclic) bond motifs is 1. The van der Waals surface area contributed by atoms with Gasteiger partial charge < -0.3 is 4.74 Å². The van der Waals surface area contributed by atoms with Crippen LogP contribution in [0.2, 0.25) is 0 Å². The van der Waals surface area contributed by atoms with Crippen LogP contribution in [0.25, 0.3) is 0 Å². The molecule has 1 heterocycles. The van der Waals surface area contributed by atoms with E-state index in [1.54, 1.807) is 24.3 Å². The smallest absolute Gasteiger partial charge is 0.261 e. The van der Waals surface area contributed by atoms with E-state index in [2.05, 4.69) is 13.8 Å². The second-order valence-corrected chi connectivity index (χ2v) is 5.32. The van der Waals surface area contributed by atoms with Crippen LogP contribution in [0.15, 0.2) is 24.3 Å². The fourth-order valence-electron chi connectivity index (χ4n) is 2.59. The monoisotopic (exact) mass is 289 g/mol. The number of carbonyl (C=O) groups is 2. The van der Waals surface area contributed by atoms with Crippen molar-refractivity contribution in [2.75, 3.05) is 13.2 Å². The van der Waals surface area contributed by atoms with Crippen LogP contribution in [-0.2, 0) is 4.74 Å². The largest absolute Gasteiger partial charge is 0.378 e. The van der Waals surface area contributed by atoms with Crippen LogP contribution in [0.3, 0.4) is 0 Å². The van der Waals surface area contributed by atoms with Crippen LogP contribution in [0.1, 0.15) is 60.2 Å². The summed E-state index contributed by atoms with van der Waals surface area (Å²) >= 11 is 0. The fraction of sp³-hybridized carbons (Fsp3) is 0.529. The molecule has 1 aliphatic heterocycles. The van der Waals surface area contributed by atoms with Gasteiger partial charge in [0, 0.05) is 13.2 Å². The second-order valence-electron chi connectivity index (χ2n) is 5.32. The van der Waals surface area contributed by atoms with E-state index in [1.807, 2.05) is 0 Å². The van der Waals surface area contributed by atoms with Gasteiger partial charge >= 0.3 is 0 Å². The van der Waals surface area contributed by atoms with Gasteiger partial charge in [0.1, 0.15) is 0 Å². The number of nitrogens with zero attached hydrogens (tertiary/aromatic N) is 1.